The normalized spacial score (nSPS) is 15.0. The van der Waals surface area contributed by atoms with E-state index in [0.717, 1.165) is 12.0 Å². The zero-order valence-corrected chi connectivity index (χ0v) is 13.0. The Morgan fingerprint density at radius 1 is 1.42 bits per heavy atom. The minimum absolute atomic E-state index is 0.123. The Bertz CT molecular complexity index is 811. The number of aromatic nitrogens is 1. The molecule has 0 aliphatic heterocycles. The van der Waals surface area contributed by atoms with Crippen LogP contribution in [0.15, 0.2) is 34.0 Å². The molecule has 8 nitrogen and oxygen atoms in total. The van der Waals surface area contributed by atoms with Gasteiger partial charge in [0, 0.05) is 23.7 Å². The van der Waals surface area contributed by atoms with Gasteiger partial charge in [-0.1, -0.05) is 0 Å². The van der Waals surface area contributed by atoms with Crippen molar-refractivity contribution in [1.29, 1.82) is 0 Å². The number of aryl methyl sites for hydroxylation is 1. The lowest BCUT2D eigenvalue weighted by molar-refractivity contribution is 0.0697. The lowest BCUT2D eigenvalue weighted by Crippen LogP contribution is -2.27. The highest BCUT2D eigenvalue weighted by Gasteiger charge is 2.29. The average Bonchev–Trinajstić information content (AvgIpc) is 2.91. The number of ether oxygens (including phenoxy) is 1. The summed E-state index contributed by atoms with van der Waals surface area (Å²) >= 11 is 0. The van der Waals surface area contributed by atoms with Gasteiger partial charge in [-0.25, -0.2) is 15.0 Å². The number of hydrogen-bond donors (Lipinski definition) is 2. The number of nitrogens with one attached hydrogen (secondary N) is 1. The molecular weight excluding hydrogens is 312 g/mol. The summed E-state index contributed by atoms with van der Waals surface area (Å²) in [5.74, 6) is 0.511. The van der Waals surface area contributed by atoms with Gasteiger partial charge in [-0.05, 0) is 31.9 Å². The van der Waals surface area contributed by atoms with Crippen LogP contribution in [0.2, 0.25) is 0 Å². The van der Waals surface area contributed by atoms with Crippen LogP contribution in [0, 0.1) is 6.92 Å². The van der Waals surface area contributed by atoms with E-state index in [1.165, 1.54) is 6.20 Å². The van der Waals surface area contributed by atoms with Gasteiger partial charge in [-0.2, -0.15) is 5.10 Å². The molecule has 24 heavy (non-hydrogen) atoms. The Morgan fingerprint density at radius 2 is 2.25 bits per heavy atom. The van der Waals surface area contributed by atoms with Crippen LogP contribution in [0.4, 0.5) is 4.79 Å². The van der Waals surface area contributed by atoms with E-state index in [0.29, 0.717) is 35.6 Å². The highest BCUT2D eigenvalue weighted by atomic mass is 16.5. The van der Waals surface area contributed by atoms with Gasteiger partial charge in [0.05, 0.1) is 11.9 Å². The predicted octanol–water partition coefficient (Wildman–Crippen LogP) is 1.91. The first-order valence-electron chi connectivity index (χ1n) is 7.43. The summed E-state index contributed by atoms with van der Waals surface area (Å²) < 4.78 is 11.0. The molecule has 2 aromatic rings. The maximum absolute atomic E-state index is 12.4. The van der Waals surface area contributed by atoms with Crippen molar-refractivity contribution >= 4 is 17.7 Å². The van der Waals surface area contributed by atoms with Gasteiger partial charge in [0.2, 0.25) is 5.76 Å². The number of rotatable bonds is 3. The molecular formula is C16H16N4O4. The summed E-state index contributed by atoms with van der Waals surface area (Å²) in [5.41, 5.74) is 9.26. The van der Waals surface area contributed by atoms with Gasteiger partial charge >= 0.3 is 12.0 Å². The van der Waals surface area contributed by atoms with E-state index in [-0.39, 0.29) is 5.76 Å². The number of carbonyl (C=O) groups is 2. The summed E-state index contributed by atoms with van der Waals surface area (Å²) in [5, 5.41) is 4.01. The molecule has 1 aliphatic rings. The molecule has 0 unspecified atom stereocenters. The van der Waals surface area contributed by atoms with Crippen LogP contribution in [0.3, 0.4) is 0 Å². The van der Waals surface area contributed by atoms with E-state index in [2.05, 4.69) is 15.5 Å². The smallest absolute Gasteiger partial charge is 0.379 e. The topological polar surface area (TPSA) is 120 Å². The second-order valence-electron chi connectivity index (χ2n) is 5.32. The lowest BCUT2D eigenvalue weighted by Gasteiger charge is -2.12. The molecule has 2 heterocycles. The van der Waals surface area contributed by atoms with Gasteiger partial charge in [0.25, 0.3) is 0 Å². The third kappa shape index (κ3) is 3.12. The third-order valence-corrected chi connectivity index (χ3v) is 3.66. The third-order valence-electron chi connectivity index (χ3n) is 3.66. The van der Waals surface area contributed by atoms with Crippen LogP contribution in [0.25, 0.3) is 0 Å². The molecule has 3 N–H and O–H groups in total. The Balaban J connectivity index is 1.90. The summed E-state index contributed by atoms with van der Waals surface area (Å²) in [4.78, 5) is 27.1. The highest BCUT2D eigenvalue weighted by molar-refractivity contribution is 6.06. The first-order valence-corrected chi connectivity index (χ1v) is 7.43. The van der Waals surface area contributed by atoms with Crippen molar-refractivity contribution in [3.63, 3.8) is 0 Å². The van der Waals surface area contributed by atoms with Crippen molar-refractivity contribution in [3.05, 3.63) is 47.2 Å². The van der Waals surface area contributed by atoms with Crippen molar-refractivity contribution in [1.82, 2.24) is 10.4 Å². The van der Waals surface area contributed by atoms with E-state index in [4.69, 9.17) is 14.9 Å². The molecule has 2 aromatic heterocycles. The van der Waals surface area contributed by atoms with Crippen LogP contribution < -0.4 is 15.9 Å². The predicted molar refractivity (Wildman–Crippen MR) is 84.8 cm³/mol. The maximum Gasteiger partial charge on any atom is 0.379 e. The van der Waals surface area contributed by atoms with Gasteiger partial charge in [-0.3, -0.25) is 4.98 Å². The van der Waals surface area contributed by atoms with E-state index in [1.807, 2.05) is 0 Å². The number of nitrogens with zero attached hydrogens (tertiary/aromatic N) is 2. The van der Waals surface area contributed by atoms with Crippen molar-refractivity contribution in [2.75, 3.05) is 0 Å². The Morgan fingerprint density at radius 3 is 2.96 bits per heavy atom. The van der Waals surface area contributed by atoms with Crippen molar-refractivity contribution in [2.45, 2.75) is 26.2 Å². The summed E-state index contributed by atoms with van der Waals surface area (Å²) in [6.45, 7) is 1.76. The standard InChI is InChI=1S/C16H16N4O4/c1-9-13-11(19-20-16(17)22)5-2-6-12(13)24-14(9)15(21)23-10-4-3-7-18-8-10/h3-4,7-8H,2,5-6H2,1H3,(H3,17,20,22)/b19-11+. The van der Waals surface area contributed by atoms with Gasteiger partial charge < -0.3 is 14.9 Å². The Kier molecular flexibility index (Phi) is 4.28. The number of esters is 1. The number of carbonyl (C=O) groups excluding carboxylic acids is 2. The van der Waals surface area contributed by atoms with Crippen LogP contribution >= 0.6 is 0 Å². The fourth-order valence-electron chi connectivity index (χ4n) is 2.66. The molecule has 124 valence electrons. The van der Waals surface area contributed by atoms with E-state index in [9.17, 15) is 9.59 Å². The molecule has 8 heteroatoms. The summed E-state index contributed by atoms with van der Waals surface area (Å²) in [6.07, 6.45) is 5.18. The monoisotopic (exact) mass is 328 g/mol. The van der Waals surface area contributed by atoms with Crippen LogP contribution in [0.5, 0.6) is 5.75 Å². The number of furan rings is 1. The second kappa shape index (κ2) is 6.53. The fraction of sp³-hybridized carbons (Fsp3) is 0.250. The van der Waals surface area contributed by atoms with E-state index >= 15 is 0 Å². The molecule has 0 atom stereocenters. The SMILES string of the molecule is Cc1c(C(=O)Oc2cccnc2)oc2c1/C(=N/NC(N)=O)CCC2. The largest absolute Gasteiger partial charge is 0.453 e. The van der Waals surface area contributed by atoms with Crippen LogP contribution in [-0.2, 0) is 6.42 Å². The first kappa shape index (κ1) is 15.7. The molecule has 0 fully saturated rings. The zero-order chi connectivity index (χ0) is 17.1. The Hall–Kier alpha value is -3.16. The van der Waals surface area contributed by atoms with Gasteiger partial charge in [0.1, 0.15) is 11.5 Å². The van der Waals surface area contributed by atoms with Crippen molar-refractivity contribution < 1.29 is 18.7 Å². The van der Waals surface area contributed by atoms with Crippen molar-refractivity contribution in [3.8, 4) is 5.75 Å². The number of hydrogen-bond acceptors (Lipinski definition) is 6. The zero-order valence-electron chi connectivity index (χ0n) is 13.0. The molecule has 0 saturated carbocycles. The van der Waals surface area contributed by atoms with E-state index < -0.39 is 12.0 Å². The average molecular weight is 328 g/mol. The Labute approximate surface area is 137 Å². The van der Waals surface area contributed by atoms with E-state index in [1.54, 1.807) is 25.3 Å². The molecule has 0 spiro atoms. The van der Waals surface area contributed by atoms with Gasteiger partial charge in [0.15, 0.2) is 0 Å². The summed E-state index contributed by atoms with van der Waals surface area (Å²) in [6, 6.07) is 2.56. The molecule has 3 rings (SSSR count). The summed E-state index contributed by atoms with van der Waals surface area (Å²) in [7, 11) is 0. The number of primary amides is 1. The number of nitrogens with two attached hydrogens (primary N) is 1. The maximum atomic E-state index is 12.4. The molecule has 0 bridgehead atoms. The number of amides is 2. The minimum atomic E-state index is -0.744. The number of hydrazone groups is 1. The van der Waals surface area contributed by atoms with Crippen molar-refractivity contribution in [2.24, 2.45) is 10.8 Å². The van der Waals surface area contributed by atoms with Crippen LogP contribution in [-0.4, -0.2) is 22.7 Å². The minimum Gasteiger partial charge on any atom is -0.453 e. The van der Waals surface area contributed by atoms with Gasteiger partial charge in [-0.15, -0.1) is 0 Å². The number of pyridine rings is 1. The molecule has 0 saturated heterocycles. The fourth-order valence-corrected chi connectivity index (χ4v) is 2.66. The molecule has 1 aliphatic carbocycles. The lowest BCUT2D eigenvalue weighted by atomic mass is 9.93. The molecule has 0 radical (unpaired) electrons. The molecule has 2 amide bonds. The second-order valence-corrected chi connectivity index (χ2v) is 5.32. The first-order chi connectivity index (χ1) is 11.6. The highest BCUT2D eigenvalue weighted by Crippen LogP contribution is 2.30. The number of fused-ring (bicyclic) bond motifs is 1. The van der Waals surface area contributed by atoms with Crippen LogP contribution in [0.1, 0.15) is 40.3 Å². The quantitative estimate of drug-likeness (QED) is 0.658. The molecule has 0 aromatic carbocycles. The number of urea groups is 1.